The SMILES string of the molecule is CC(O)CCCCCCCCCCCn1ccnc1-c1ccc(F)cc1. The average Bonchev–Trinajstić information content (AvgIpc) is 3.08. The standard InChI is InChI=1S/C22H33FN2O/c1-19(26)11-9-7-5-3-2-4-6-8-10-17-25-18-16-24-22(25)20-12-14-21(23)15-13-20/h12-16,18-19,26H,2-11,17H2,1H3. The van der Waals surface area contributed by atoms with E-state index in [2.05, 4.69) is 9.55 Å². The Hall–Kier alpha value is -1.68. The number of hydrogen-bond acceptors (Lipinski definition) is 2. The van der Waals surface area contributed by atoms with Crippen molar-refractivity contribution in [3.8, 4) is 11.4 Å². The van der Waals surface area contributed by atoms with Crippen LogP contribution in [0, 0.1) is 5.82 Å². The highest BCUT2D eigenvalue weighted by atomic mass is 19.1. The van der Waals surface area contributed by atoms with Crippen LogP contribution in [0.4, 0.5) is 4.39 Å². The summed E-state index contributed by atoms with van der Waals surface area (Å²) in [6.45, 7) is 2.83. The molecule has 1 aromatic carbocycles. The predicted molar refractivity (Wildman–Crippen MR) is 105 cm³/mol. The van der Waals surface area contributed by atoms with E-state index in [1.165, 1.54) is 57.1 Å². The van der Waals surface area contributed by atoms with Crippen LogP contribution in [-0.2, 0) is 6.54 Å². The van der Waals surface area contributed by atoms with Crippen LogP contribution < -0.4 is 0 Å². The van der Waals surface area contributed by atoms with Gasteiger partial charge < -0.3 is 9.67 Å². The maximum atomic E-state index is 13.1. The van der Waals surface area contributed by atoms with E-state index in [1.807, 2.05) is 19.3 Å². The van der Waals surface area contributed by atoms with Gasteiger partial charge in [0.15, 0.2) is 0 Å². The Morgan fingerprint density at radius 3 is 2.12 bits per heavy atom. The van der Waals surface area contributed by atoms with E-state index in [-0.39, 0.29) is 11.9 Å². The Bertz CT molecular complexity index is 607. The topological polar surface area (TPSA) is 38.0 Å². The van der Waals surface area contributed by atoms with Crippen molar-refractivity contribution < 1.29 is 9.50 Å². The zero-order valence-electron chi connectivity index (χ0n) is 16.0. The number of unbranched alkanes of at least 4 members (excludes halogenated alkanes) is 8. The summed E-state index contributed by atoms with van der Waals surface area (Å²) in [6.07, 6.45) is 15.9. The number of halogens is 1. The molecule has 0 spiro atoms. The Morgan fingerprint density at radius 1 is 0.923 bits per heavy atom. The molecule has 1 N–H and O–H groups in total. The fourth-order valence-corrected chi connectivity index (χ4v) is 3.31. The van der Waals surface area contributed by atoms with Crippen LogP contribution >= 0.6 is 0 Å². The van der Waals surface area contributed by atoms with E-state index < -0.39 is 0 Å². The van der Waals surface area contributed by atoms with E-state index in [0.29, 0.717) is 0 Å². The minimum Gasteiger partial charge on any atom is -0.393 e. The van der Waals surface area contributed by atoms with Gasteiger partial charge in [-0.15, -0.1) is 0 Å². The van der Waals surface area contributed by atoms with Gasteiger partial charge in [-0.3, -0.25) is 0 Å². The first kappa shape index (κ1) is 20.6. The molecule has 0 aliphatic heterocycles. The zero-order valence-corrected chi connectivity index (χ0v) is 16.0. The molecule has 26 heavy (non-hydrogen) atoms. The second-order valence-corrected chi connectivity index (χ2v) is 7.27. The number of aryl methyl sites for hydroxylation is 1. The van der Waals surface area contributed by atoms with Gasteiger partial charge in [-0.2, -0.15) is 0 Å². The van der Waals surface area contributed by atoms with Gasteiger partial charge >= 0.3 is 0 Å². The molecule has 0 aliphatic carbocycles. The molecule has 3 nitrogen and oxygen atoms in total. The fraction of sp³-hybridized carbons (Fsp3) is 0.591. The Kier molecular flexibility index (Phi) is 9.40. The number of imidazole rings is 1. The predicted octanol–water partition coefficient (Wildman–Crippen LogP) is 5.97. The second kappa shape index (κ2) is 11.8. The number of hydrogen-bond donors (Lipinski definition) is 1. The number of aromatic nitrogens is 2. The van der Waals surface area contributed by atoms with Crippen molar-refractivity contribution >= 4 is 0 Å². The quantitative estimate of drug-likeness (QED) is 0.447. The highest BCUT2D eigenvalue weighted by molar-refractivity contribution is 5.55. The molecule has 2 aromatic rings. The summed E-state index contributed by atoms with van der Waals surface area (Å²) in [5.74, 6) is 0.706. The maximum absolute atomic E-state index is 13.1. The first-order valence-electron chi connectivity index (χ1n) is 10.1. The molecule has 1 aromatic heterocycles. The van der Waals surface area contributed by atoms with Gasteiger partial charge in [-0.1, -0.05) is 51.4 Å². The average molecular weight is 361 g/mol. The summed E-state index contributed by atoms with van der Waals surface area (Å²) in [7, 11) is 0. The van der Waals surface area contributed by atoms with Gasteiger partial charge in [0.1, 0.15) is 11.6 Å². The smallest absolute Gasteiger partial charge is 0.139 e. The van der Waals surface area contributed by atoms with Crippen molar-refractivity contribution in [2.24, 2.45) is 0 Å². The van der Waals surface area contributed by atoms with Gasteiger partial charge in [0.25, 0.3) is 0 Å². The molecular formula is C22H33FN2O. The summed E-state index contributed by atoms with van der Waals surface area (Å²) in [6, 6.07) is 6.54. The monoisotopic (exact) mass is 360 g/mol. The minimum absolute atomic E-state index is 0.144. The van der Waals surface area contributed by atoms with Crippen LogP contribution in [-0.4, -0.2) is 20.8 Å². The Morgan fingerprint density at radius 2 is 1.50 bits per heavy atom. The highest BCUT2D eigenvalue weighted by Gasteiger charge is 2.05. The number of aliphatic hydroxyl groups excluding tert-OH is 1. The van der Waals surface area contributed by atoms with E-state index >= 15 is 0 Å². The summed E-state index contributed by atoms with van der Waals surface area (Å²) in [5, 5.41) is 9.22. The molecule has 0 aliphatic rings. The highest BCUT2D eigenvalue weighted by Crippen LogP contribution is 2.19. The van der Waals surface area contributed by atoms with Crippen LogP contribution in [0.5, 0.6) is 0 Å². The van der Waals surface area contributed by atoms with Crippen molar-refractivity contribution in [1.29, 1.82) is 0 Å². The third-order valence-electron chi connectivity index (χ3n) is 4.84. The molecule has 1 heterocycles. The molecule has 0 radical (unpaired) electrons. The van der Waals surface area contributed by atoms with Crippen molar-refractivity contribution in [3.63, 3.8) is 0 Å². The van der Waals surface area contributed by atoms with Gasteiger partial charge in [0.05, 0.1) is 6.10 Å². The van der Waals surface area contributed by atoms with Crippen LogP contribution in [0.2, 0.25) is 0 Å². The van der Waals surface area contributed by atoms with Crippen molar-refractivity contribution in [3.05, 3.63) is 42.5 Å². The lowest BCUT2D eigenvalue weighted by atomic mass is 10.1. The van der Waals surface area contributed by atoms with Gasteiger partial charge in [0.2, 0.25) is 0 Å². The van der Waals surface area contributed by atoms with Crippen molar-refractivity contribution in [2.75, 3.05) is 0 Å². The lowest BCUT2D eigenvalue weighted by molar-refractivity contribution is 0.180. The van der Waals surface area contributed by atoms with E-state index in [0.717, 1.165) is 37.2 Å². The van der Waals surface area contributed by atoms with E-state index in [1.54, 1.807) is 12.1 Å². The molecule has 0 bridgehead atoms. The van der Waals surface area contributed by atoms with Crippen LogP contribution in [0.1, 0.15) is 71.1 Å². The summed E-state index contributed by atoms with van der Waals surface area (Å²) < 4.78 is 15.2. The summed E-state index contributed by atoms with van der Waals surface area (Å²) >= 11 is 0. The van der Waals surface area contributed by atoms with E-state index in [9.17, 15) is 9.50 Å². The summed E-state index contributed by atoms with van der Waals surface area (Å²) in [5.41, 5.74) is 0.965. The molecule has 0 amide bonds. The fourth-order valence-electron chi connectivity index (χ4n) is 3.31. The molecule has 144 valence electrons. The first-order chi connectivity index (χ1) is 12.7. The van der Waals surface area contributed by atoms with Crippen molar-refractivity contribution in [2.45, 2.75) is 83.8 Å². The number of nitrogens with zero attached hydrogens (tertiary/aromatic N) is 2. The van der Waals surface area contributed by atoms with Gasteiger partial charge in [0, 0.05) is 24.5 Å². The zero-order chi connectivity index (χ0) is 18.6. The first-order valence-corrected chi connectivity index (χ1v) is 10.1. The molecule has 2 rings (SSSR count). The number of aliphatic hydroxyl groups is 1. The third-order valence-corrected chi connectivity index (χ3v) is 4.84. The van der Waals surface area contributed by atoms with Crippen LogP contribution in [0.25, 0.3) is 11.4 Å². The molecule has 1 unspecified atom stereocenters. The normalized spacial score (nSPS) is 12.4. The lowest BCUT2D eigenvalue weighted by Gasteiger charge is -2.08. The number of benzene rings is 1. The van der Waals surface area contributed by atoms with Crippen LogP contribution in [0.3, 0.4) is 0 Å². The largest absolute Gasteiger partial charge is 0.393 e. The lowest BCUT2D eigenvalue weighted by Crippen LogP contribution is -2.00. The van der Waals surface area contributed by atoms with Crippen molar-refractivity contribution in [1.82, 2.24) is 9.55 Å². The Balaban J connectivity index is 1.54. The third kappa shape index (κ3) is 7.69. The molecule has 1 atom stereocenters. The molecule has 0 saturated heterocycles. The molecule has 4 heteroatoms. The molecule has 0 fully saturated rings. The number of rotatable bonds is 13. The second-order valence-electron chi connectivity index (χ2n) is 7.27. The molecular weight excluding hydrogens is 327 g/mol. The van der Waals surface area contributed by atoms with E-state index in [4.69, 9.17) is 0 Å². The van der Waals surface area contributed by atoms with Gasteiger partial charge in [-0.05, 0) is 44.0 Å². The van der Waals surface area contributed by atoms with Crippen LogP contribution in [0.15, 0.2) is 36.7 Å². The Labute approximate surface area is 157 Å². The summed E-state index contributed by atoms with van der Waals surface area (Å²) in [4.78, 5) is 4.42. The van der Waals surface area contributed by atoms with Gasteiger partial charge in [-0.25, -0.2) is 9.37 Å². The maximum Gasteiger partial charge on any atom is 0.139 e. The molecule has 0 saturated carbocycles. The minimum atomic E-state index is -0.213.